The summed E-state index contributed by atoms with van der Waals surface area (Å²) in [5.74, 6) is 0.400. The van der Waals surface area contributed by atoms with E-state index >= 15 is 0 Å². The Labute approximate surface area is 112 Å². The predicted octanol–water partition coefficient (Wildman–Crippen LogP) is 2.51. The van der Waals surface area contributed by atoms with Gasteiger partial charge in [0, 0.05) is 12.6 Å². The minimum atomic E-state index is -2.78. The summed E-state index contributed by atoms with van der Waals surface area (Å²) in [7, 11) is -2.78. The van der Waals surface area contributed by atoms with Crippen LogP contribution in [0.25, 0.3) is 0 Å². The molecule has 0 amide bonds. The van der Waals surface area contributed by atoms with Crippen LogP contribution in [-0.2, 0) is 9.84 Å². The first-order chi connectivity index (χ1) is 8.39. The standard InChI is InChI=1S/C14H27NO2S/c1-14(2)8-3-5-12(7-9-14)15-11-13-6-4-10-18(13,16)17/h12-13,15H,3-11H2,1-2H3. The molecule has 106 valence electrons. The summed E-state index contributed by atoms with van der Waals surface area (Å²) >= 11 is 0. The molecule has 2 fully saturated rings. The third-order valence-electron chi connectivity index (χ3n) is 4.67. The zero-order valence-electron chi connectivity index (χ0n) is 11.7. The van der Waals surface area contributed by atoms with E-state index in [0.29, 0.717) is 23.8 Å². The van der Waals surface area contributed by atoms with E-state index in [2.05, 4.69) is 19.2 Å². The normalized spacial score (nSPS) is 35.2. The fraction of sp³-hybridized carbons (Fsp3) is 1.00. The van der Waals surface area contributed by atoms with Crippen molar-refractivity contribution in [3.8, 4) is 0 Å². The van der Waals surface area contributed by atoms with Crippen LogP contribution in [-0.4, -0.2) is 32.0 Å². The van der Waals surface area contributed by atoms with Crippen LogP contribution >= 0.6 is 0 Å². The zero-order valence-corrected chi connectivity index (χ0v) is 12.6. The number of hydrogen-bond acceptors (Lipinski definition) is 3. The van der Waals surface area contributed by atoms with E-state index in [0.717, 1.165) is 12.8 Å². The van der Waals surface area contributed by atoms with Crippen LogP contribution in [0.3, 0.4) is 0 Å². The molecular weight excluding hydrogens is 246 g/mol. The van der Waals surface area contributed by atoms with Gasteiger partial charge in [-0.05, 0) is 43.9 Å². The summed E-state index contributed by atoms with van der Waals surface area (Å²) < 4.78 is 23.5. The second kappa shape index (κ2) is 5.49. The van der Waals surface area contributed by atoms with Crippen molar-refractivity contribution in [2.24, 2.45) is 5.41 Å². The van der Waals surface area contributed by atoms with Crippen molar-refractivity contribution >= 4 is 9.84 Å². The zero-order chi connectivity index (χ0) is 13.2. The molecule has 2 rings (SSSR count). The molecule has 0 aromatic heterocycles. The predicted molar refractivity (Wildman–Crippen MR) is 75.5 cm³/mol. The highest BCUT2D eigenvalue weighted by Gasteiger charge is 2.32. The molecular formula is C14H27NO2S. The smallest absolute Gasteiger partial charge is 0.154 e. The third-order valence-corrected chi connectivity index (χ3v) is 6.95. The average Bonchev–Trinajstić information content (AvgIpc) is 2.50. The molecule has 0 aromatic rings. The lowest BCUT2D eigenvalue weighted by Crippen LogP contribution is -2.37. The molecule has 1 heterocycles. The van der Waals surface area contributed by atoms with Gasteiger partial charge < -0.3 is 5.32 Å². The molecule has 2 unspecified atom stereocenters. The Morgan fingerprint density at radius 2 is 1.89 bits per heavy atom. The Bertz CT molecular complexity index is 375. The largest absolute Gasteiger partial charge is 0.313 e. The maximum absolute atomic E-state index is 11.8. The molecule has 1 aliphatic heterocycles. The summed E-state index contributed by atoms with van der Waals surface area (Å²) in [6, 6.07) is 0.530. The van der Waals surface area contributed by atoms with Gasteiger partial charge in [-0.15, -0.1) is 0 Å². The topological polar surface area (TPSA) is 46.2 Å². The summed E-state index contributed by atoms with van der Waals surface area (Å²) in [6.45, 7) is 5.36. The maximum atomic E-state index is 11.8. The number of rotatable bonds is 3. The van der Waals surface area contributed by atoms with Crippen LogP contribution < -0.4 is 5.32 Å². The summed E-state index contributed by atoms with van der Waals surface area (Å²) in [5, 5.41) is 3.40. The van der Waals surface area contributed by atoms with Gasteiger partial charge in [0.1, 0.15) is 0 Å². The van der Waals surface area contributed by atoms with E-state index in [9.17, 15) is 8.42 Å². The van der Waals surface area contributed by atoms with E-state index in [1.54, 1.807) is 0 Å². The van der Waals surface area contributed by atoms with Crippen molar-refractivity contribution in [2.75, 3.05) is 12.3 Å². The maximum Gasteiger partial charge on any atom is 0.154 e. The summed E-state index contributed by atoms with van der Waals surface area (Å²) in [5.41, 5.74) is 0.468. The molecule has 0 bridgehead atoms. The molecule has 1 saturated carbocycles. The minimum Gasteiger partial charge on any atom is -0.313 e. The first-order valence-corrected chi connectivity index (χ1v) is 9.06. The second-order valence-electron chi connectivity index (χ2n) is 6.83. The van der Waals surface area contributed by atoms with Crippen LogP contribution in [0, 0.1) is 5.41 Å². The molecule has 0 radical (unpaired) electrons. The van der Waals surface area contributed by atoms with Crippen LogP contribution in [0.15, 0.2) is 0 Å². The van der Waals surface area contributed by atoms with Crippen molar-refractivity contribution in [2.45, 2.75) is 70.1 Å². The fourth-order valence-corrected chi connectivity index (χ4v) is 5.03. The molecule has 2 atom stereocenters. The monoisotopic (exact) mass is 273 g/mol. The molecule has 18 heavy (non-hydrogen) atoms. The van der Waals surface area contributed by atoms with Gasteiger partial charge in [-0.1, -0.05) is 20.3 Å². The van der Waals surface area contributed by atoms with E-state index in [1.165, 1.54) is 32.1 Å². The highest BCUT2D eigenvalue weighted by atomic mass is 32.2. The highest BCUT2D eigenvalue weighted by molar-refractivity contribution is 7.92. The Kier molecular flexibility index (Phi) is 4.37. The van der Waals surface area contributed by atoms with Gasteiger partial charge in [-0.25, -0.2) is 8.42 Å². The van der Waals surface area contributed by atoms with E-state index < -0.39 is 9.84 Å². The first-order valence-electron chi connectivity index (χ1n) is 7.34. The van der Waals surface area contributed by atoms with E-state index in [-0.39, 0.29) is 5.25 Å². The Morgan fingerprint density at radius 3 is 2.56 bits per heavy atom. The first kappa shape index (κ1) is 14.3. The lowest BCUT2D eigenvalue weighted by Gasteiger charge is -2.22. The SMILES string of the molecule is CC1(C)CCCC(NCC2CCCS2(=O)=O)CC1. The van der Waals surface area contributed by atoms with Crippen molar-refractivity contribution in [3.63, 3.8) is 0 Å². The molecule has 0 spiro atoms. The van der Waals surface area contributed by atoms with Crippen LogP contribution in [0.1, 0.15) is 58.8 Å². The Morgan fingerprint density at radius 1 is 1.11 bits per heavy atom. The van der Waals surface area contributed by atoms with Gasteiger partial charge in [0.25, 0.3) is 0 Å². The number of sulfone groups is 1. The second-order valence-corrected chi connectivity index (χ2v) is 9.23. The van der Waals surface area contributed by atoms with Gasteiger partial charge in [0.2, 0.25) is 0 Å². The quantitative estimate of drug-likeness (QED) is 0.804. The lowest BCUT2D eigenvalue weighted by atomic mass is 9.85. The van der Waals surface area contributed by atoms with Gasteiger partial charge in [0.05, 0.1) is 11.0 Å². The van der Waals surface area contributed by atoms with E-state index in [4.69, 9.17) is 0 Å². The van der Waals surface area contributed by atoms with Crippen LogP contribution in [0.4, 0.5) is 0 Å². The van der Waals surface area contributed by atoms with Crippen molar-refractivity contribution in [1.29, 1.82) is 0 Å². The van der Waals surface area contributed by atoms with Gasteiger partial charge in [-0.3, -0.25) is 0 Å². The molecule has 1 saturated heterocycles. The summed E-state index contributed by atoms with van der Waals surface area (Å²) in [4.78, 5) is 0. The number of hydrogen-bond donors (Lipinski definition) is 1. The molecule has 2 aliphatic rings. The third kappa shape index (κ3) is 3.70. The van der Waals surface area contributed by atoms with E-state index in [1.807, 2.05) is 0 Å². The molecule has 4 heteroatoms. The van der Waals surface area contributed by atoms with Crippen molar-refractivity contribution < 1.29 is 8.42 Å². The van der Waals surface area contributed by atoms with Crippen LogP contribution in [0.2, 0.25) is 0 Å². The van der Waals surface area contributed by atoms with Gasteiger partial charge in [-0.2, -0.15) is 0 Å². The average molecular weight is 273 g/mol. The highest BCUT2D eigenvalue weighted by Crippen LogP contribution is 2.33. The number of nitrogens with one attached hydrogen (secondary N) is 1. The molecule has 1 N–H and O–H groups in total. The van der Waals surface area contributed by atoms with Crippen molar-refractivity contribution in [1.82, 2.24) is 5.32 Å². The van der Waals surface area contributed by atoms with Crippen molar-refractivity contribution in [3.05, 3.63) is 0 Å². The van der Waals surface area contributed by atoms with Gasteiger partial charge >= 0.3 is 0 Å². The Hall–Kier alpha value is -0.0900. The van der Waals surface area contributed by atoms with Gasteiger partial charge in [0.15, 0.2) is 9.84 Å². The fourth-order valence-electron chi connectivity index (χ4n) is 3.25. The molecule has 1 aliphatic carbocycles. The Balaban J connectivity index is 1.80. The van der Waals surface area contributed by atoms with Crippen LogP contribution in [0.5, 0.6) is 0 Å². The molecule has 3 nitrogen and oxygen atoms in total. The lowest BCUT2D eigenvalue weighted by molar-refractivity contribution is 0.309. The summed E-state index contributed by atoms with van der Waals surface area (Å²) in [6.07, 6.45) is 7.92. The minimum absolute atomic E-state index is 0.117. The molecule has 0 aromatic carbocycles.